The van der Waals surface area contributed by atoms with E-state index in [4.69, 9.17) is 16.3 Å². The lowest BCUT2D eigenvalue weighted by Gasteiger charge is -2.44. The summed E-state index contributed by atoms with van der Waals surface area (Å²) in [5.41, 5.74) is 3.09. The van der Waals surface area contributed by atoms with Crippen LogP contribution >= 0.6 is 11.6 Å². The van der Waals surface area contributed by atoms with Gasteiger partial charge in [-0.2, -0.15) is 0 Å². The first kappa shape index (κ1) is 18.8. The highest BCUT2D eigenvalue weighted by Crippen LogP contribution is 2.40. The number of benzene rings is 2. The SMILES string of the molecule is Cc1cc2c(cc1C)C(=O)CC1(CCN(C(=O)Nc3ccc(Cl)cc3)CC1)O2. The number of aryl methyl sites for hydroxylation is 2. The van der Waals surface area contributed by atoms with Crippen molar-refractivity contribution >= 4 is 29.1 Å². The van der Waals surface area contributed by atoms with Gasteiger partial charge in [-0.05, 0) is 61.4 Å². The minimum Gasteiger partial charge on any atom is -0.486 e. The van der Waals surface area contributed by atoms with Crippen molar-refractivity contribution in [2.24, 2.45) is 0 Å². The second-order valence-corrected chi connectivity index (χ2v) is 8.18. The van der Waals surface area contributed by atoms with Gasteiger partial charge >= 0.3 is 6.03 Å². The van der Waals surface area contributed by atoms with Gasteiger partial charge in [0.2, 0.25) is 0 Å². The molecule has 2 aromatic rings. The fourth-order valence-electron chi connectivity index (χ4n) is 3.88. The van der Waals surface area contributed by atoms with E-state index in [2.05, 4.69) is 5.32 Å². The molecule has 1 saturated heterocycles. The Morgan fingerprint density at radius 1 is 1.11 bits per heavy atom. The maximum atomic E-state index is 12.7. The molecule has 1 N–H and O–H groups in total. The number of likely N-dealkylation sites (tertiary alicyclic amines) is 1. The van der Waals surface area contributed by atoms with Crippen LogP contribution in [0.5, 0.6) is 5.75 Å². The number of hydrogen-bond acceptors (Lipinski definition) is 3. The number of hydrogen-bond donors (Lipinski definition) is 1. The summed E-state index contributed by atoms with van der Waals surface area (Å²) in [5, 5.41) is 3.52. The van der Waals surface area contributed by atoms with Gasteiger partial charge in [0.15, 0.2) is 5.78 Å². The minimum absolute atomic E-state index is 0.128. The van der Waals surface area contributed by atoms with Crippen molar-refractivity contribution in [3.8, 4) is 5.75 Å². The lowest BCUT2D eigenvalue weighted by atomic mass is 9.82. The fourth-order valence-corrected chi connectivity index (χ4v) is 4.01. The van der Waals surface area contributed by atoms with Gasteiger partial charge in [-0.1, -0.05) is 11.6 Å². The zero-order chi connectivity index (χ0) is 19.9. The van der Waals surface area contributed by atoms with Crippen LogP contribution < -0.4 is 10.1 Å². The number of Topliss-reactive ketones (excluding diaryl/α,β-unsaturated/α-hetero) is 1. The number of piperidine rings is 1. The summed E-state index contributed by atoms with van der Waals surface area (Å²) in [6.45, 7) is 5.12. The number of ether oxygens (including phenoxy) is 1. The van der Waals surface area contributed by atoms with Gasteiger partial charge in [-0.25, -0.2) is 4.79 Å². The van der Waals surface area contributed by atoms with Gasteiger partial charge in [-0.3, -0.25) is 4.79 Å². The van der Waals surface area contributed by atoms with Crippen LogP contribution in [0.15, 0.2) is 36.4 Å². The van der Waals surface area contributed by atoms with E-state index in [0.717, 1.165) is 11.1 Å². The van der Waals surface area contributed by atoms with E-state index in [1.54, 1.807) is 29.2 Å². The topological polar surface area (TPSA) is 58.6 Å². The van der Waals surface area contributed by atoms with Crippen molar-refractivity contribution in [2.45, 2.75) is 38.7 Å². The summed E-state index contributed by atoms with van der Waals surface area (Å²) in [5.74, 6) is 0.807. The zero-order valence-electron chi connectivity index (χ0n) is 16.0. The molecule has 28 heavy (non-hydrogen) atoms. The van der Waals surface area contributed by atoms with Gasteiger partial charge in [0, 0.05) is 36.6 Å². The number of rotatable bonds is 1. The lowest BCUT2D eigenvalue weighted by molar-refractivity contribution is 0.000334. The monoisotopic (exact) mass is 398 g/mol. The summed E-state index contributed by atoms with van der Waals surface area (Å²) in [7, 11) is 0. The van der Waals surface area contributed by atoms with E-state index in [-0.39, 0.29) is 11.8 Å². The molecule has 4 rings (SSSR count). The summed E-state index contributed by atoms with van der Waals surface area (Å²) >= 11 is 5.88. The Bertz CT molecular complexity index is 932. The molecule has 2 aliphatic rings. The van der Waals surface area contributed by atoms with Crippen molar-refractivity contribution in [2.75, 3.05) is 18.4 Å². The lowest BCUT2D eigenvalue weighted by Crippen LogP contribution is -2.53. The van der Waals surface area contributed by atoms with E-state index in [0.29, 0.717) is 54.4 Å². The Hall–Kier alpha value is -2.53. The minimum atomic E-state index is -0.511. The molecule has 5 nitrogen and oxygen atoms in total. The van der Waals surface area contributed by atoms with Crippen LogP contribution in [-0.2, 0) is 0 Å². The predicted octanol–water partition coefficient (Wildman–Crippen LogP) is 4.99. The molecule has 0 saturated carbocycles. The van der Waals surface area contributed by atoms with Crippen LogP contribution in [0.4, 0.5) is 10.5 Å². The molecule has 2 heterocycles. The zero-order valence-corrected chi connectivity index (χ0v) is 16.8. The molecule has 2 aromatic carbocycles. The second kappa shape index (κ2) is 7.13. The van der Waals surface area contributed by atoms with Gasteiger partial charge in [0.1, 0.15) is 11.4 Å². The molecule has 1 fully saturated rings. The highest BCUT2D eigenvalue weighted by Gasteiger charge is 2.43. The summed E-state index contributed by atoms with van der Waals surface area (Å²) in [6, 6.07) is 10.8. The van der Waals surface area contributed by atoms with E-state index >= 15 is 0 Å². The molecule has 0 aromatic heterocycles. The average molecular weight is 399 g/mol. The van der Waals surface area contributed by atoms with Crippen LogP contribution in [0.25, 0.3) is 0 Å². The van der Waals surface area contributed by atoms with Crippen LogP contribution in [0.2, 0.25) is 5.02 Å². The molecule has 0 atom stereocenters. The molecule has 0 aliphatic carbocycles. The number of anilines is 1. The Morgan fingerprint density at radius 3 is 2.43 bits per heavy atom. The standard InChI is InChI=1S/C22H23ClN2O3/c1-14-11-18-19(26)13-22(28-20(18)12-15(14)2)7-9-25(10-8-22)21(27)24-17-5-3-16(23)4-6-17/h3-6,11-12H,7-10,13H2,1-2H3,(H,24,27). The van der Waals surface area contributed by atoms with Crippen LogP contribution in [0.3, 0.4) is 0 Å². The summed E-state index contributed by atoms with van der Waals surface area (Å²) < 4.78 is 6.33. The third-order valence-corrected chi connectivity index (χ3v) is 6.01. The van der Waals surface area contributed by atoms with E-state index in [9.17, 15) is 9.59 Å². The molecule has 146 valence electrons. The van der Waals surface area contributed by atoms with Crippen LogP contribution in [0.1, 0.15) is 40.7 Å². The average Bonchev–Trinajstić information content (AvgIpc) is 2.66. The van der Waals surface area contributed by atoms with Crippen LogP contribution in [-0.4, -0.2) is 35.4 Å². The largest absolute Gasteiger partial charge is 0.486 e. The summed E-state index contributed by atoms with van der Waals surface area (Å²) in [6.07, 6.45) is 1.65. The fraction of sp³-hybridized carbons (Fsp3) is 0.364. The number of carbonyl (C=O) groups excluding carboxylic acids is 2. The number of amides is 2. The molecule has 0 unspecified atom stereocenters. The van der Waals surface area contributed by atoms with E-state index in [1.807, 2.05) is 26.0 Å². The van der Waals surface area contributed by atoms with Crippen LogP contribution in [0, 0.1) is 13.8 Å². The Labute approximate surface area is 169 Å². The van der Waals surface area contributed by atoms with E-state index in [1.165, 1.54) is 0 Å². The third-order valence-electron chi connectivity index (χ3n) is 5.76. The maximum absolute atomic E-state index is 12.7. The molecule has 0 bridgehead atoms. The highest BCUT2D eigenvalue weighted by molar-refractivity contribution is 6.30. The first-order chi connectivity index (χ1) is 13.3. The second-order valence-electron chi connectivity index (χ2n) is 7.74. The quantitative estimate of drug-likeness (QED) is 0.736. The third kappa shape index (κ3) is 3.59. The van der Waals surface area contributed by atoms with Gasteiger partial charge in [0.25, 0.3) is 0 Å². The number of ketones is 1. The predicted molar refractivity (Wildman–Crippen MR) is 110 cm³/mol. The number of urea groups is 1. The molecule has 2 aliphatic heterocycles. The molecular formula is C22H23ClN2O3. The van der Waals surface area contributed by atoms with Gasteiger partial charge in [0.05, 0.1) is 12.0 Å². The highest BCUT2D eigenvalue weighted by atomic mass is 35.5. The van der Waals surface area contributed by atoms with Crippen molar-refractivity contribution in [1.29, 1.82) is 0 Å². The van der Waals surface area contributed by atoms with Gasteiger partial charge in [-0.15, -0.1) is 0 Å². The van der Waals surface area contributed by atoms with Gasteiger partial charge < -0.3 is 15.0 Å². The van der Waals surface area contributed by atoms with Crippen molar-refractivity contribution in [3.63, 3.8) is 0 Å². The smallest absolute Gasteiger partial charge is 0.321 e. The molecule has 6 heteroatoms. The Kier molecular flexibility index (Phi) is 4.79. The molecule has 0 radical (unpaired) electrons. The molecule has 2 amide bonds. The first-order valence-corrected chi connectivity index (χ1v) is 9.88. The molecule has 1 spiro atoms. The number of fused-ring (bicyclic) bond motifs is 1. The van der Waals surface area contributed by atoms with Crippen molar-refractivity contribution in [3.05, 3.63) is 58.1 Å². The first-order valence-electron chi connectivity index (χ1n) is 9.50. The van der Waals surface area contributed by atoms with Crippen molar-refractivity contribution < 1.29 is 14.3 Å². The summed E-state index contributed by atoms with van der Waals surface area (Å²) in [4.78, 5) is 27.0. The molecular weight excluding hydrogens is 376 g/mol. The number of carbonyl (C=O) groups is 2. The van der Waals surface area contributed by atoms with E-state index < -0.39 is 5.60 Å². The Balaban J connectivity index is 1.43. The number of nitrogens with zero attached hydrogens (tertiary/aromatic N) is 1. The number of halogens is 1. The number of nitrogens with one attached hydrogen (secondary N) is 1. The maximum Gasteiger partial charge on any atom is 0.321 e. The van der Waals surface area contributed by atoms with Crippen molar-refractivity contribution in [1.82, 2.24) is 4.90 Å². The normalized spacial score (nSPS) is 17.8. The Morgan fingerprint density at radius 2 is 1.75 bits per heavy atom.